The summed E-state index contributed by atoms with van der Waals surface area (Å²) in [6.07, 6.45) is -3.59. The number of hydrogen-bond donors (Lipinski definition) is 0. The maximum Gasteiger partial charge on any atom is 0.419 e. The first-order chi connectivity index (χ1) is 14.3. The summed E-state index contributed by atoms with van der Waals surface area (Å²) < 4.78 is 73.0. The van der Waals surface area contributed by atoms with Crippen molar-refractivity contribution in [3.05, 3.63) is 88.3 Å². The molecule has 0 fully saturated rings. The largest absolute Gasteiger partial charge is 0.422 e. The second kappa shape index (κ2) is 7.21. The molecular formula is C20H10F5N3O2. The lowest BCUT2D eigenvalue weighted by atomic mass is 10.2. The first kappa shape index (κ1) is 19.5. The van der Waals surface area contributed by atoms with Gasteiger partial charge in [0.25, 0.3) is 5.56 Å². The molecule has 0 aliphatic carbocycles. The van der Waals surface area contributed by atoms with Crippen molar-refractivity contribution in [2.75, 3.05) is 0 Å². The number of rotatable bonds is 3. The van der Waals surface area contributed by atoms with Gasteiger partial charge in [-0.05, 0) is 48.5 Å². The van der Waals surface area contributed by atoms with E-state index in [1.807, 2.05) is 0 Å². The fourth-order valence-corrected chi connectivity index (χ4v) is 2.79. The molecule has 30 heavy (non-hydrogen) atoms. The number of ether oxygens (including phenoxy) is 1. The van der Waals surface area contributed by atoms with Gasteiger partial charge >= 0.3 is 12.2 Å². The predicted molar refractivity (Wildman–Crippen MR) is 96.6 cm³/mol. The monoisotopic (exact) mass is 419 g/mol. The van der Waals surface area contributed by atoms with E-state index in [0.29, 0.717) is 6.07 Å². The van der Waals surface area contributed by atoms with Gasteiger partial charge in [0.05, 0.1) is 11.3 Å². The maximum absolute atomic E-state index is 14.4. The van der Waals surface area contributed by atoms with Crippen LogP contribution in [0.2, 0.25) is 0 Å². The van der Waals surface area contributed by atoms with Crippen LogP contribution in [0.3, 0.4) is 0 Å². The Morgan fingerprint density at radius 2 is 1.67 bits per heavy atom. The number of nitrogens with zero attached hydrogens (tertiary/aromatic N) is 3. The first-order valence-corrected chi connectivity index (χ1v) is 8.43. The number of benzene rings is 2. The molecule has 5 nitrogen and oxygen atoms in total. The molecule has 0 saturated carbocycles. The van der Waals surface area contributed by atoms with E-state index in [1.54, 1.807) is 0 Å². The highest BCUT2D eigenvalue weighted by molar-refractivity contribution is 5.73. The van der Waals surface area contributed by atoms with Gasteiger partial charge < -0.3 is 4.74 Å². The molecule has 0 spiro atoms. The molecule has 0 unspecified atom stereocenters. The van der Waals surface area contributed by atoms with Crippen LogP contribution in [0, 0.1) is 11.6 Å². The Morgan fingerprint density at radius 3 is 2.37 bits per heavy atom. The number of halogens is 5. The van der Waals surface area contributed by atoms with Crippen LogP contribution in [0.4, 0.5) is 22.0 Å². The van der Waals surface area contributed by atoms with Crippen molar-refractivity contribution in [3.8, 4) is 17.4 Å². The van der Waals surface area contributed by atoms with Gasteiger partial charge in [-0.25, -0.2) is 18.3 Å². The van der Waals surface area contributed by atoms with E-state index in [0.717, 1.165) is 28.8 Å². The summed E-state index contributed by atoms with van der Waals surface area (Å²) in [5, 5.41) is 0. The van der Waals surface area contributed by atoms with E-state index in [2.05, 4.69) is 9.97 Å². The fraction of sp³-hybridized carbons (Fsp3) is 0.0500. The number of hydrogen-bond acceptors (Lipinski definition) is 4. The Labute approximate surface area is 165 Å². The van der Waals surface area contributed by atoms with Crippen molar-refractivity contribution in [3.63, 3.8) is 0 Å². The van der Waals surface area contributed by atoms with Gasteiger partial charge in [0.2, 0.25) is 0 Å². The third-order valence-corrected chi connectivity index (χ3v) is 4.15. The number of fused-ring (bicyclic) bond motifs is 1. The molecule has 0 saturated heterocycles. The molecule has 2 aromatic heterocycles. The normalized spacial score (nSPS) is 11.6. The molecule has 0 N–H and O–H groups in total. The molecule has 0 atom stereocenters. The lowest BCUT2D eigenvalue weighted by Crippen LogP contribution is -2.22. The van der Waals surface area contributed by atoms with E-state index < -0.39 is 40.7 Å². The molecule has 0 bridgehead atoms. The summed E-state index contributed by atoms with van der Waals surface area (Å²) in [5.41, 5.74) is -2.13. The van der Waals surface area contributed by atoms with Crippen molar-refractivity contribution in [2.45, 2.75) is 6.18 Å². The molecule has 0 radical (unpaired) electrons. The van der Waals surface area contributed by atoms with Gasteiger partial charge in [0.15, 0.2) is 17.1 Å². The smallest absolute Gasteiger partial charge is 0.419 e. The average Bonchev–Trinajstić information content (AvgIpc) is 2.70. The van der Waals surface area contributed by atoms with E-state index >= 15 is 0 Å². The lowest BCUT2D eigenvalue weighted by Gasteiger charge is -2.15. The Morgan fingerprint density at radius 1 is 0.933 bits per heavy atom. The quantitative estimate of drug-likeness (QED) is 0.445. The summed E-state index contributed by atoms with van der Waals surface area (Å²) in [6, 6.07) is 9.53. The number of pyridine rings is 1. The standard InChI is InChI=1S/C20H10F5N3O2/c21-11-6-8-12(9-7-11)28-18(29)17-14(4-2-10-26-17)27-19(28)30-15-5-1-3-13(16(15)22)20(23,24)25/h1-10H. The summed E-state index contributed by atoms with van der Waals surface area (Å²) in [6.45, 7) is 0. The van der Waals surface area contributed by atoms with Gasteiger partial charge in [-0.15, -0.1) is 0 Å². The fourth-order valence-electron chi connectivity index (χ4n) is 2.79. The highest BCUT2D eigenvalue weighted by atomic mass is 19.4. The number of alkyl halides is 3. The third kappa shape index (κ3) is 3.47. The SMILES string of the molecule is O=c1c2ncccc2nc(Oc2cccc(C(F)(F)F)c2F)n1-c1ccc(F)cc1. The summed E-state index contributed by atoms with van der Waals surface area (Å²) >= 11 is 0. The summed E-state index contributed by atoms with van der Waals surface area (Å²) in [4.78, 5) is 21.0. The third-order valence-electron chi connectivity index (χ3n) is 4.15. The maximum atomic E-state index is 14.4. The molecule has 4 aromatic rings. The van der Waals surface area contributed by atoms with Crippen LogP contribution in [0.5, 0.6) is 11.8 Å². The molecule has 2 aromatic carbocycles. The molecule has 0 amide bonds. The van der Waals surface area contributed by atoms with Gasteiger partial charge in [0.1, 0.15) is 11.3 Å². The Kier molecular flexibility index (Phi) is 4.69. The van der Waals surface area contributed by atoms with Crippen molar-refractivity contribution in [2.24, 2.45) is 0 Å². The van der Waals surface area contributed by atoms with E-state index in [4.69, 9.17) is 4.74 Å². The van der Waals surface area contributed by atoms with Gasteiger partial charge in [-0.2, -0.15) is 18.2 Å². The first-order valence-electron chi connectivity index (χ1n) is 8.43. The summed E-state index contributed by atoms with van der Waals surface area (Å²) in [5.74, 6) is -3.02. The van der Waals surface area contributed by atoms with Gasteiger partial charge in [-0.1, -0.05) is 6.07 Å². The zero-order valence-corrected chi connectivity index (χ0v) is 14.8. The van der Waals surface area contributed by atoms with Gasteiger partial charge in [0, 0.05) is 6.20 Å². The van der Waals surface area contributed by atoms with Crippen LogP contribution in [0.25, 0.3) is 16.7 Å². The Hall–Kier alpha value is -3.82. The van der Waals surface area contributed by atoms with Crippen LogP contribution < -0.4 is 10.3 Å². The molecule has 4 rings (SSSR count). The van der Waals surface area contributed by atoms with Crippen molar-refractivity contribution in [1.82, 2.24) is 14.5 Å². The zero-order valence-electron chi connectivity index (χ0n) is 14.8. The van der Waals surface area contributed by atoms with Crippen LogP contribution in [0.1, 0.15) is 5.56 Å². The van der Waals surface area contributed by atoms with E-state index in [-0.39, 0.29) is 16.7 Å². The molecule has 0 aliphatic rings. The van der Waals surface area contributed by atoms with Crippen molar-refractivity contribution in [1.29, 1.82) is 0 Å². The molecule has 2 heterocycles. The minimum absolute atomic E-state index is 0.0568. The molecule has 0 aliphatic heterocycles. The van der Waals surface area contributed by atoms with Crippen LogP contribution in [-0.2, 0) is 6.18 Å². The van der Waals surface area contributed by atoms with Crippen molar-refractivity contribution >= 4 is 11.0 Å². The Balaban J connectivity index is 1.94. The molecular weight excluding hydrogens is 409 g/mol. The van der Waals surface area contributed by atoms with Crippen LogP contribution in [0.15, 0.2) is 65.6 Å². The second-order valence-electron chi connectivity index (χ2n) is 6.10. The average molecular weight is 419 g/mol. The second-order valence-corrected chi connectivity index (χ2v) is 6.10. The highest BCUT2D eigenvalue weighted by Gasteiger charge is 2.35. The van der Waals surface area contributed by atoms with Gasteiger partial charge in [-0.3, -0.25) is 4.79 Å². The molecule has 10 heteroatoms. The Bertz CT molecular complexity index is 1300. The predicted octanol–water partition coefficient (Wildman–Crippen LogP) is 4.87. The summed E-state index contributed by atoms with van der Waals surface area (Å²) in [7, 11) is 0. The van der Waals surface area contributed by atoms with Crippen molar-refractivity contribution < 1.29 is 26.7 Å². The lowest BCUT2D eigenvalue weighted by molar-refractivity contribution is -0.140. The number of aromatic nitrogens is 3. The minimum atomic E-state index is -4.94. The van der Waals surface area contributed by atoms with E-state index in [1.165, 1.54) is 30.5 Å². The zero-order chi connectivity index (χ0) is 21.5. The van der Waals surface area contributed by atoms with E-state index in [9.17, 15) is 26.7 Å². The van der Waals surface area contributed by atoms with Crippen LogP contribution in [-0.4, -0.2) is 14.5 Å². The minimum Gasteiger partial charge on any atom is -0.422 e. The highest BCUT2D eigenvalue weighted by Crippen LogP contribution is 2.36. The molecule has 152 valence electrons. The van der Waals surface area contributed by atoms with Crippen LogP contribution >= 0.6 is 0 Å². The topological polar surface area (TPSA) is 57.0 Å².